The van der Waals surface area contributed by atoms with Crippen molar-refractivity contribution in [1.82, 2.24) is 14.8 Å². The van der Waals surface area contributed by atoms with Crippen LogP contribution in [0.4, 0.5) is 5.69 Å². The normalized spacial score (nSPS) is 10.6. The molecule has 0 atom stereocenters. The fraction of sp³-hybridized carbons (Fsp3) is 0.0870. The highest BCUT2D eigenvalue weighted by molar-refractivity contribution is 6.01. The smallest absolute Gasteiger partial charge is 0.295 e. The van der Waals surface area contributed by atoms with E-state index in [2.05, 4.69) is 15.4 Å². The standard InChI is InChI=1S/C23H20N4O2/c1-16-7-6-8-17(15-16)22-25-21(26-27(22)19-9-4-3-5-10-19)23(28)24-18-11-13-20(29-2)14-12-18/h3-15H,1-2H3,(H,24,28). The molecule has 1 heterocycles. The van der Waals surface area contributed by atoms with Crippen molar-refractivity contribution in [3.8, 4) is 22.8 Å². The van der Waals surface area contributed by atoms with Gasteiger partial charge in [-0.3, -0.25) is 4.79 Å². The first-order chi connectivity index (χ1) is 14.1. The molecule has 6 nitrogen and oxygen atoms in total. The average Bonchev–Trinajstić information content (AvgIpc) is 3.21. The minimum absolute atomic E-state index is 0.0983. The van der Waals surface area contributed by atoms with E-state index in [9.17, 15) is 4.79 Å². The number of methoxy groups -OCH3 is 1. The van der Waals surface area contributed by atoms with Gasteiger partial charge in [0, 0.05) is 11.3 Å². The van der Waals surface area contributed by atoms with Gasteiger partial charge in [0.2, 0.25) is 5.82 Å². The van der Waals surface area contributed by atoms with Gasteiger partial charge in [0.25, 0.3) is 5.91 Å². The molecule has 1 aromatic heterocycles. The van der Waals surface area contributed by atoms with Gasteiger partial charge >= 0.3 is 0 Å². The lowest BCUT2D eigenvalue weighted by atomic mass is 10.1. The maximum absolute atomic E-state index is 12.8. The van der Waals surface area contributed by atoms with E-state index in [1.165, 1.54) is 0 Å². The Morgan fingerprint density at radius 2 is 1.72 bits per heavy atom. The number of nitrogens with zero attached hydrogens (tertiary/aromatic N) is 3. The van der Waals surface area contributed by atoms with Crippen molar-refractivity contribution in [2.24, 2.45) is 0 Å². The van der Waals surface area contributed by atoms with Crippen LogP contribution >= 0.6 is 0 Å². The van der Waals surface area contributed by atoms with E-state index in [0.29, 0.717) is 11.5 Å². The Labute approximate surface area is 168 Å². The molecule has 0 aliphatic heterocycles. The third-order valence-electron chi connectivity index (χ3n) is 4.44. The second-order valence-corrected chi connectivity index (χ2v) is 6.56. The third-order valence-corrected chi connectivity index (χ3v) is 4.44. The Morgan fingerprint density at radius 3 is 2.41 bits per heavy atom. The highest BCUT2D eigenvalue weighted by Crippen LogP contribution is 2.23. The Bertz CT molecular complexity index is 1140. The quantitative estimate of drug-likeness (QED) is 0.550. The maximum Gasteiger partial charge on any atom is 0.295 e. The highest BCUT2D eigenvalue weighted by atomic mass is 16.5. The summed E-state index contributed by atoms with van der Waals surface area (Å²) >= 11 is 0. The number of anilines is 1. The van der Waals surface area contributed by atoms with Gasteiger partial charge in [-0.15, -0.1) is 5.10 Å². The van der Waals surface area contributed by atoms with E-state index >= 15 is 0 Å². The number of carbonyl (C=O) groups excluding carboxylic acids is 1. The van der Waals surface area contributed by atoms with Gasteiger partial charge in [-0.25, -0.2) is 9.67 Å². The molecule has 4 aromatic rings. The van der Waals surface area contributed by atoms with Gasteiger partial charge in [-0.1, -0.05) is 42.0 Å². The van der Waals surface area contributed by atoms with Crippen molar-refractivity contribution in [3.63, 3.8) is 0 Å². The first-order valence-electron chi connectivity index (χ1n) is 9.19. The van der Waals surface area contributed by atoms with Crippen LogP contribution in [0.5, 0.6) is 5.75 Å². The van der Waals surface area contributed by atoms with Crippen LogP contribution in [-0.4, -0.2) is 27.8 Å². The van der Waals surface area contributed by atoms with Crippen LogP contribution in [-0.2, 0) is 0 Å². The predicted molar refractivity (Wildman–Crippen MR) is 112 cm³/mol. The van der Waals surface area contributed by atoms with Gasteiger partial charge in [0.15, 0.2) is 5.82 Å². The van der Waals surface area contributed by atoms with E-state index in [1.807, 2.05) is 61.5 Å². The van der Waals surface area contributed by atoms with Crippen molar-refractivity contribution in [2.75, 3.05) is 12.4 Å². The third kappa shape index (κ3) is 4.01. The minimum Gasteiger partial charge on any atom is -0.497 e. The number of para-hydroxylation sites is 1. The number of nitrogens with one attached hydrogen (secondary N) is 1. The monoisotopic (exact) mass is 384 g/mol. The van der Waals surface area contributed by atoms with Gasteiger partial charge in [-0.2, -0.15) is 0 Å². The lowest BCUT2D eigenvalue weighted by Gasteiger charge is -2.06. The minimum atomic E-state index is -0.376. The van der Waals surface area contributed by atoms with Crippen LogP contribution in [0.15, 0.2) is 78.9 Å². The van der Waals surface area contributed by atoms with Gasteiger partial charge in [0.1, 0.15) is 5.75 Å². The number of amides is 1. The number of ether oxygens (including phenoxy) is 1. The van der Waals surface area contributed by atoms with E-state index in [4.69, 9.17) is 4.74 Å². The number of carbonyl (C=O) groups is 1. The summed E-state index contributed by atoms with van der Waals surface area (Å²) in [6.45, 7) is 2.02. The molecular weight excluding hydrogens is 364 g/mol. The number of aromatic nitrogens is 3. The molecule has 0 fully saturated rings. The molecular formula is C23H20N4O2. The summed E-state index contributed by atoms with van der Waals surface area (Å²) in [6, 6.07) is 24.7. The van der Waals surface area contributed by atoms with E-state index in [1.54, 1.807) is 36.1 Å². The zero-order valence-electron chi connectivity index (χ0n) is 16.2. The second-order valence-electron chi connectivity index (χ2n) is 6.56. The topological polar surface area (TPSA) is 69.0 Å². The average molecular weight is 384 g/mol. The lowest BCUT2D eigenvalue weighted by Crippen LogP contribution is -2.14. The van der Waals surface area contributed by atoms with Crippen LogP contribution in [0, 0.1) is 6.92 Å². The van der Waals surface area contributed by atoms with E-state index in [-0.39, 0.29) is 11.7 Å². The molecule has 0 unspecified atom stereocenters. The molecule has 0 aliphatic carbocycles. The molecule has 3 aromatic carbocycles. The van der Waals surface area contributed by atoms with Crippen molar-refractivity contribution in [2.45, 2.75) is 6.92 Å². The number of hydrogen-bond donors (Lipinski definition) is 1. The molecule has 0 saturated carbocycles. The summed E-state index contributed by atoms with van der Waals surface area (Å²) in [5.41, 5.74) is 3.48. The van der Waals surface area contributed by atoms with Gasteiger partial charge in [-0.05, 0) is 49.4 Å². The molecule has 0 bridgehead atoms. The first-order valence-corrected chi connectivity index (χ1v) is 9.19. The van der Waals surface area contributed by atoms with Gasteiger partial charge < -0.3 is 10.1 Å². The molecule has 144 valence electrons. The van der Waals surface area contributed by atoms with Crippen LogP contribution in [0.3, 0.4) is 0 Å². The van der Waals surface area contributed by atoms with Crippen molar-refractivity contribution in [3.05, 3.63) is 90.3 Å². The van der Waals surface area contributed by atoms with Crippen molar-refractivity contribution < 1.29 is 9.53 Å². The molecule has 0 radical (unpaired) electrons. The summed E-state index contributed by atoms with van der Waals surface area (Å²) in [6.07, 6.45) is 0. The number of rotatable bonds is 5. The molecule has 6 heteroatoms. The maximum atomic E-state index is 12.8. The molecule has 1 N–H and O–H groups in total. The molecule has 1 amide bonds. The zero-order chi connectivity index (χ0) is 20.2. The van der Waals surface area contributed by atoms with E-state index in [0.717, 1.165) is 22.6 Å². The van der Waals surface area contributed by atoms with Crippen LogP contribution < -0.4 is 10.1 Å². The summed E-state index contributed by atoms with van der Waals surface area (Å²) in [5.74, 6) is 1.05. The number of aryl methyl sites for hydroxylation is 1. The van der Waals surface area contributed by atoms with Crippen molar-refractivity contribution in [1.29, 1.82) is 0 Å². The molecule has 29 heavy (non-hydrogen) atoms. The lowest BCUT2D eigenvalue weighted by molar-refractivity contribution is 0.101. The SMILES string of the molecule is COc1ccc(NC(=O)c2nc(-c3cccc(C)c3)n(-c3ccccc3)n2)cc1. The van der Waals surface area contributed by atoms with Crippen molar-refractivity contribution >= 4 is 11.6 Å². The molecule has 0 spiro atoms. The van der Waals surface area contributed by atoms with Gasteiger partial charge in [0.05, 0.1) is 12.8 Å². The summed E-state index contributed by atoms with van der Waals surface area (Å²) < 4.78 is 6.84. The second kappa shape index (κ2) is 7.98. The fourth-order valence-electron chi connectivity index (χ4n) is 2.99. The van der Waals surface area contributed by atoms with Crippen LogP contribution in [0.1, 0.15) is 16.2 Å². The number of benzene rings is 3. The van der Waals surface area contributed by atoms with E-state index < -0.39 is 0 Å². The fourth-order valence-corrected chi connectivity index (χ4v) is 2.99. The van der Waals surface area contributed by atoms with Crippen LogP contribution in [0.2, 0.25) is 0 Å². The highest BCUT2D eigenvalue weighted by Gasteiger charge is 2.19. The molecule has 4 rings (SSSR count). The first kappa shape index (κ1) is 18.4. The zero-order valence-corrected chi connectivity index (χ0v) is 16.2. The Hall–Kier alpha value is -3.93. The Kier molecular flexibility index (Phi) is 5.07. The Balaban J connectivity index is 1.71. The molecule has 0 aliphatic rings. The Morgan fingerprint density at radius 1 is 0.966 bits per heavy atom. The summed E-state index contributed by atoms with van der Waals surface area (Å²) in [7, 11) is 1.60. The number of hydrogen-bond acceptors (Lipinski definition) is 4. The molecule has 0 saturated heterocycles. The largest absolute Gasteiger partial charge is 0.497 e. The summed E-state index contributed by atoms with van der Waals surface area (Å²) in [4.78, 5) is 17.3. The predicted octanol–water partition coefficient (Wildman–Crippen LogP) is 4.50. The summed E-state index contributed by atoms with van der Waals surface area (Å²) in [5, 5.41) is 7.32. The van der Waals surface area contributed by atoms with Crippen LogP contribution in [0.25, 0.3) is 17.1 Å².